The largest absolute Gasteiger partial charge is 0.481 e. The molecule has 0 amide bonds. The van der Waals surface area contributed by atoms with Gasteiger partial charge in [0.1, 0.15) is 0 Å². The van der Waals surface area contributed by atoms with E-state index in [9.17, 15) is 9.90 Å². The number of carboxylic acid groups (broad SMARTS) is 1. The van der Waals surface area contributed by atoms with Gasteiger partial charge in [0, 0.05) is 26.6 Å². The van der Waals surface area contributed by atoms with E-state index in [1.54, 1.807) is 7.11 Å². The molecule has 0 saturated carbocycles. The van der Waals surface area contributed by atoms with E-state index in [1.165, 1.54) is 5.56 Å². The first-order valence-electron chi connectivity index (χ1n) is 8.78. The van der Waals surface area contributed by atoms with Crippen molar-refractivity contribution in [2.45, 2.75) is 25.0 Å². The molecule has 0 bridgehead atoms. The van der Waals surface area contributed by atoms with E-state index in [4.69, 9.17) is 4.74 Å². The maximum Gasteiger partial charge on any atom is 0.307 e. The van der Waals surface area contributed by atoms with E-state index < -0.39 is 11.7 Å². The molecule has 1 fully saturated rings. The Bertz CT molecular complexity index is 689. The van der Waals surface area contributed by atoms with Crippen molar-refractivity contribution in [1.82, 2.24) is 4.90 Å². The number of rotatable bonds is 6. The lowest BCUT2D eigenvalue weighted by atomic mass is 9.88. The van der Waals surface area contributed by atoms with Crippen molar-refractivity contribution >= 4 is 5.97 Å². The van der Waals surface area contributed by atoms with Gasteiger partial charge in [-0.15, -0.1) is 0 Å². The minimum Gasteiger partial charge on any atom is -0.481 e. The second kappa shape index (κ2) is 7.81. The Labute approximate surface area is 149 Å². The van der Waals surface area contributed by atoms with Crippen molar-refractivity contribution in [3.63, 3.8) is 0 Å². The lowest BCUT2D eigenvalue weighted by Gasteiger charge is -2.46. The SMILES string of the molecule is COC(Cc1ccccc1)(c1ccccc1)N1CCCC(C(=O)O)C1. The van der Waals surface area contributed by atoms with Crippen molar-refractivity contribution < 1.29 is 14.6 Å². The van der Waals surface area contributed by atoms with Crippen LogP contribution in [0.3, 0.4) is 0 Å². The molecule has 1 aliphatic heterocycles. The summed E-state index contributed by atoms with van der Waals surface area (Å²) in [6.07, 6.45) is 2.27. The van der Waals surface area contributed by atoms with E-state index in [2.05, 4.69) is 29.2 Å². The van der Waals surface area contributed by atoms with E-state index in [0.717, 1.165) is 24.9 Å². The van der Waals surface area contributed by atoms with Gasteiger partial charge in [0.15, 0.2) is 5.72 Å². The maximum absolute atomic E-state index is 11.5. The van der Waals surface area contributed by atoms with Gasteiger partial charge < -0.3 is 9.84 Å². The van der Waals surface area contributed by atoms with Crippen LogP contribution in [-0.4, -0.2) is 36.2 Å². The summed E-state index contributed by atoms with van der Waals surface area (Å²) in [6.45, 7) is 1.34. The first kappa shape index (κ1) is 17.6. The van der Waals surface area contributed by atoms with Crippen LogP contribution in [-0.2, 0) is 21.7 Å². The quantitative estimate of drug-likeness (QED) is 0.875. The van der Waals surface area contributed by atoms with Crippen molar-refractivity contribution in [3.8, 4) is 0 Å². The van der Waals surface area contributed by atoms with Gasteiger partial charge in [-0.25, -0.2) is 0 Å². The fraction of sp³-hybridized carbons (Fsp3) is 0.381. The van der Waals surface area contributed by atoms with Crippen molar-refractivity contribution in [2.75, 3.05) is 20.2 Å². The van der Waals surface area contributed by atoms with Gasteiger partial charge in [0.2, 0.25) is 0 Å². The second-order valence-electron chi connectivity index (χ2n) is 6.64. The maximum atomic E-state index is 11.5. The number of piperidine rings is 1. The monoisotopic (exact) mass is 339 g/mol. The summed E-state index contributed by atoms with van der Waals surface area (Å²) < 4.78 is 6.13. The molecule has 1 heterocycles. The molecule has 1 saturated heterocycles. The molecule has 0 aliphatic carbocycles. The number of ether oxygens (including phenoxy) is 1. The summed E-state index contributed by atoms with van der Waals surface area (Å²) in [7, 11) is 1.72. The predicted octanol–water partition coefficient (Wildman–Crippen LogP) is 3.53. The third-order valence-corrected chi connectivity index (χ3v) is 5.13. The highest BCUT2D eigenvalue weighted by atomic mass is 16.5. The number of nitrogens with zero attached hydrogens (tertiary/aromatic N) is 1. The van der Waals surface area contributed by atoms with Gasteiger partial charge in [0.25, 0.3) is 0 Å². The molecule has 3 rings (SSSR count). The zero-order valence-electron chi connectivity index (χ0n) is 14.6. The average Bonchev–Trinajstić information content (AvgIpc) is 2.68. The van der Waals surface area contributed by atoms with Crippen LogP contribution in [0.5, 0.6) is 0 Å². The number of aliphatic carboxylic acids is 1. The Hall–Kier alpha value is -2.17. The second-order valence-corrected chi connectivity index (χ2v) is 6.64. The zero-order valence-corrected chi connectivity index (χ0v) is 14.6. The topological polar surface area (TPSA) is 49.8 Å². The van der Waals surface area contributed by atoms with E-state index >= 15 is 0 Å². The molecule has 2 aromatic rings. The molecular weight excluding hydrogens is 314 g/mol. The van der Waals surface area contributed by atoms with Crippen LogP contribution in [0, 0.1) is 5.92 Å². The number of carboxylic acids is 1. The molecule has 132 valence electrons. The molecular formula is C21H25NO3. The smallest absolute Gasteiger partial charge is 0.307 e. The van der Waals surface area contributed by atoms with Gasteiger partial charge in [-0.2, -0.15) is 0 Å². The highest BCUT2D eigenvalue weighted by Gasteiger charge is 2.42. The number of hydrogen-bond acceptors (Lipinski definition) is 3. The molecule has 1 aliphatic rings. The normalized spacial score (nSPS) is 20.8. The van der Waals surface area contributed by atoms with Crippen LogP contribution in [0.1, 0.15) is 24.0 Å². The van der Waals surface area contributed by atoms with Gasteiger partial charge in [0.05, 0.1) is 5.92 Å². The Morgan fingerprint density at radius 2 is 1.80 bits per heavy atom. The van der Waals surface area contributed by atoms with Crippen LogP contribution in [0.15, 0.2) is 60.7 Å². The molecule has 2 atom stereocenters. The number of likely N-dealkylation sites (tertiary alicyclic amines) is 1. The Kier molecular flexibility index (Phi) is 5.51. The molecule has 2 unspecified atom stereocenters. The molecule has 4 heteroatoms. The summed E-state index contributed by atoms with van der Waals surface area (Å²) in [5.41, 5.74) is 1.58. The Morgan fingerprint density at radius 3 is 2.40 bits per heavy atom. The lowest BCUT2D eigenvalue weighted by molar-refractivity contribution is -0.167. The van der Waals surface area contributed by atoms with Crippen molar-refractivity contribution in [3.05, 3.63) is 71.8 Å². The van der Waals surface area contributed by atoms with E-state index in [1.807, 2.05) is 36.4 Å². The summed E-state index contributed by atoms with van der Waals surface area (Å²) >= 11 is 0. The van der Waals surface area contributed by atoms with E-state index in [-0.39, 0.29) is 5.92 Å². The van der Waals surface area contributed by atoms with Gasteiger partial charge in [-0.1, -0.05) is 60.7 Å². The molecule has 0 aromatic heterocycles. The number of hydrogen-bond donors (Lipinski definition) is 1. The highest BCUT2D eigenvalue weighted by Crippen LogP contribution is 2.36. The van der Waals surface area contributed by atoms with Crippen LogP contribution in [0.2, 0.25) is 0 Å². The lowest BCUT2D eigenvalue weighted by Crippen LogP contribution is -2.54. The van der Waals surface area contributed by atoms with Crippen LogP contribution in [0.4, 0.5) is 0 Å². The first-order valence-corrected chi connectivity index (χ1v) is 8.78. The third-order valence-electron chi connectivity index (χ3n) is 5.13. The molecule has 4 nitrogen and oxygen atoms in total. The number of benzene rings is 2. The van der Waals surface area contributed by atoms with Crippen molar-refractivity contribution in [2.24, 2.45) is 5.92 Å². The summed E-state index contributed by atoms with van der Waals surface area (Å²) in [5.74, 6) is -1.06. The third kappa shape index (κ3) is 3.75. The number of carbonyl (C=O) groups is 1. The molecule has 2 aromatic carbocycles. The molecule has 0 spiro atoms. The first-order chi connectivity index (χ1) is 12.2. The van der Waals surface area contributed by atoms with Crippen LogP contribution >= 0.6 is 0 Å². The highest BCUT2D eigenvalue weighted by molar-refractivity contribution is 5.70. The standard InChI is InChI=1S/C21H25NO3/c1-25-21(19-12-6-3-7-13-19,15-17-9-4-2-5-10-17)22-14-8-11-18(16-22)20(23)24/h2-7,9-10,12-13,18H,8,11,14-16H2,1H3,(H,23,24). The fourth-order valence-corrected chi connectivity index (χ4v) is 3.79. The van der Waals surface area contributed by atoms with Crippen LogP contribution in [0.25, 0.3) is 0 Å². The van der Waals surface area contributed by atoms with Gasteiger partial charge in [-0.3, -0.25) is 9.69 Å². The average molecular weight is 339 g/mol. The minimum absolute atomic E-state index is 0.345. The summed E-state index contributed by atoms with van der Waals surface area (Å²) in [5, 5.41) is 9.49. The van der Waals surface area contributed by atoms with Gasteiger partial charge in [-0.05, 0) is 24.0 Å². The predicted molar refractivity (Wildman–Crippen MR) is 97.2 cm³/mol. The van der Waals surface area contributed by atoms with E-state index in [0.29, 0.717) is 13.0 Å². The summed E-state index contributed by atoms with van der Waals surface area (Å²) in [4.78, 5) is 13.7. The fourth-order valence-electron chi connectivity index (χ4n) is 3.79. The zero-order chi connectivity index (χ0) is 17.7. The Balaban J connectivity index is 2.00. The molecule has 25 heavy (non-hydrogen) atoms. The Morgan fingerprint density at radius 1 is 1.16 bits per heavy atom. The molecule has 0 radical (unpaired) electrons. The number of methoxy groups -OCH3 is 1. The van der Waals surface area contributed by atoms with Crippen LogP contribution < -0.4 is 0 Å². The minimum atomic E-state index is -0.720. The van der Waals surface area contributed by atoms with Crippen molar-refractivity contribution in [1.29, 1.82) is 0 Å². The summed E-state index contributed by atoms with van der Waals surface area (Å²) in [6, 6.07) is 20.4. The van der Waals surface area contributed by atoms with Gasteiger partial charge >= 0.3 is 5.97 Å². The molecule has 1 N–H and O–H groups in total.